The topological polar surface area (TPSA) is 83.7 Å². The molecule has 3 aliphatic heterocycles. The number of primary amides is 1. The number of hydrogen-bond acceptors (Lipinski definition) is 4. The number of benzene rings is 2. The first-order valence-electron chi connectivity index (χ1n) is 8.97. The van der Waals surface area contributed by atoms with Gasteiger partial charge in [-0.05, 0) is 35.9 Å². The molecule has 0 bridgehead atoms. The van der Waals surface area contributed by atoms with Crippen LogP contribution in [0.4, 0.5) is 11.4 Å². The van der Waals surface area contributed by atoms with E-state index in [-0.39, 0.29) is 5.91 Å². The number of rotatable bonds is 2. The second-order valence-corrected chi connectivity index (χ2v) is 7.64. The van der Waals surface area contributed by atoms with E-state index in [0.29, 0.717) is 10.7 Å². The first-order chi connectivity index (χ1) is 13.5. The number of hydrogen-bond donors (Lipinski definition) is 1. The van der Waals surface area contributed by atoms with E-state index in [1.807, 2.05) is 41.3 Å². The molecule has 0 aromatic heterocycles. The van der Waals surface area contributed by atoms with Gasteiger partial charge in [-0.15, -0.1) is 0 Å². The number of imide groups is 1. The number of amides is 3. The van der Waals surface area contributed by atoms with Crippen molar-refractivity contribution in [3.63, 3.8) is 0 Å². The summed E-state index contributed by atoms with van der Waals surface area (Å²) in [4.78, 5) is 41.9. The first-order valence-corrected chi connectivity index (χ1v) is 9.35. The van der Waals surface area contributed by atoms with Crippen molar-refractivity contribution in [1.82, 2.24) is 0 Å². The van der Waals surface area contributed by atoms with E-state index >= 15 is 0 Å². The number of nitrogens with two attached hydrogens (primary N) is 1. The summed E-state index contributed by atoms with van der Waals surface area (Å²) in [5, 5.41) is 0.510. The molecule has 28 heavy (non-hydrogen) atoms. The highest BCUT2D eigenvalue weighted by molar-refractivity contribution is 6.31. The van der Waals surface area contributed by atoms with Crippen LogP contribution in [0.5, 0.6) is 0 Å². The predicted molar refractivity (Wildman–Crippen MR) is 106 cm³/mol. The Bertz CT molecular complexity index is 1050. The van der Waals surface area contributed by atoms with Crippen LogP contribution >= 0.6 is 11.6 Å². The number of para-hydroxylation sites is 1. The summed E-state index contributed by atoms with van der Waals surface area (Å²) in [6, 6.07) is 12.8. The zero-order chi connectivity index (χ0) is 19.6. The van der Waals surface area contributed by atoms with Crippen LogP contribution in [0, 0.1) is 11.8 Å². The van der Waals surface area contributed by atoms with Crippen LogP contribution in [0.15, 0.2) is 54.6 Å². The SMILES string of the molecule is NC(=O)[C@H]1[C@@H]2C(=O)N(c3ccc(Cl)cc3)C(=O)[C@@H]2[C@H]2C=Cc3ccccc3N21. The molecule has 0 saturated carbocycles. The molecule has 7 heteroatoms. The fraction of sp³-hybridized carbons (Fsp3) is 0.190. The molecule has 3 amide bonds. The normalized spacial score (nSPS) is 27.6. The van der Waals surface area contributed by atoms with Crippen LogP contribution in [-0.2, 0) is 14.4 Å². The smallest absolute Gasteiger partial charge is 0.241 e. The van der Waals surface area contributed by atoms with E-state index in [9.17, 15) is 14.4 Å². The molecule has 140 valence electrons. The second-order valence-electron chi connectivity index (χ2n) is 7.20. The van der Waals surface area contributed by atoms with E-state index in [4.69, 9.17) is 17.3 Å². The number of nitrogens with zero attached hydrogens (tertiary/aromatic N) is 2. The molecule has 4 atom stereocenters. The van der Waals surface area contributed by atoms with Gasteiger partial charge in [-0.1, -0.05) is 42.0 Å². The zero-order valence-corrected chi connectivity index (χ0v) is 15.4. The quantitative estimate of drug-likeness (QED) is 0.793. The first kappa shape index (κ1) is 17.0. The van der Waals surface area contributed by atoms with Gasteiger partial charge in [0.05, 0.1) is 23.6 Å². The maximum atomic E-state index is 13.3. The van der Waals surface area contributed by atoms with Gasteiger partial charge in [0.25, 0.3) is 0 Å². The number of halogens is 1. The molecule has 5 rings (SSSR count). The molecule has 3 aliphatic rings. The number of fused-ring (bicyclic) bond motifs is 5. The minimum absolute atomic E-state index is 0.319. The van der Waals surface area contributed by atoms with Gasteiger partial charge in [0, 0.05) is 10.7 Å². The summed E-state index contributed by atoms with van der Waals surface area (Å²) in [7, 11) is 0. The fourth-order valence-corrected chi connectivity index (χ4v) is 4.81. The average Bonchev–Trinajstić information content (AvgIpc) is 3.16. The van der Waals surface area contributed by atoms with Gasteiger partial charge in [-0.25, -0.2) is 4.90 Å². The van der Waals surface area contributed by atoms with Crippen molar-refractivity contribution in [2.24, 2.45) is 17.6 Å². The lowest BCUT2D eigenvalue weighted by molar-refractivity contribution is -0.127. The molecule has 0 unspecified atom stereocenters. The Morgan fingerprint density at radius 2 is 1.64 bits per heavy atom. The van der Waals surface area contributed by atoms with Crippen LogP contribution in [0.3, 0.4) is 0 Å². The van der Waals surface area contributed by atoms with Crippen molar-refractivity contribution in [1.29, 1.82) is 0 Å². The Balaban J connectivity index is 1.62. The Kier molecular flexibility index (Phi) is 3.61. The molecule has 2 fully saturated rings. The van der Waals surface area contributed by atoms with Gasteiger partial charge in [-0.3, -0.25) is 14.4 Å². The highest BCUT2D eigenvalue weighted by Gasteiger charge is 2.64. The standard InChI is InChI=1S/C21H16ClN3O3/c22-12-6-8-13(9-7-12)24-20(27)16-15-10-5-11-3-1-2-4-14(11)25(15)18(19(23)26)17(16)21(24)28/h1-10,15-18H,(H2,23,26)/t15-,16-,17-,18-/m1/s1. The summed E-state index contributed by atoms with van der Waals surface area (Å²) in [5.74, 6) is -2.81. The minimum Gasteiger partial charge on any atom is -0.368 e. The van der Waals surface area contributed by atoms with Gasteiger partial charge in [-0.2, -0.15) is 0 Å². The Hall–Kier alpha value is -3.12. The van der Waals surface area contributed by atoms with Gasteiger partial charge in [0.15, 0.2) is 0 Å². The van der Waals surface area contributed by atoms with Crippen molar-refractivity contribution in [3.8, 4) is 0 Å². The fourth-order valence-electron chi connectivity index (χ4n) is 4.68. The number of carbonyl (C=O) groups is 3. The van der Waals surface area contributed by atoms with Gasteiger partial charge in [0.1, 0.15) is 6.04 Å². The molecule has 0 aliphatic carbocycles. The van der Waals surface area contributed by atoms with Gasteiger partial charge < -0.3 is 10.6 Å². The molecule has 3 heterocycles. The van der Waals surface area contributed by atoms with E-state index in [0.717, 1.165) is 16.2 Å². The molecule has 0 radical (unpaired) electrons. The lowest BCUT2D eigenvalue weighted by Gasteiger charge is -2.35. The lowest BCUT2D eigenvalue weighted by atomic mass is 9.88. The summed E-state index contributed by atoms with van der Waals surface area (Å²) >= 11 is 5.93. The maximum absolute atomic E-state index is 13.3. The third kappa shape index (κ3) is 2.18. The minimum atomic E-state index is -0.880. The summed E-state index contributed by atoms with van der Waals surface area (Å²) < 4.78 is 0. The molecular formula is C21H16ClN3O3. The van der Waals surface area contributed by atoms with Crippen molar-refractivity contribution < 1.29 is 14.4 Å². The van der Waals surface area contributed by atoms with Crippen LogP contribution in [-0.4, -0.2) is 29.8 Å². The third-order valence-corrected chi connectivity index (χ3v) is 6.04. The highest BCUT2D eigenvalue weighted by Crippen LogP contribution is 2.48. The van der Waals surface area contributed by atoms with E-state index in [1.54, 1.807) is 24.3 Å². The third-order valence-electron chi connectivity index (χ3n) is 5.79. The molecule has 0 spiro atoms. The molecule has 2 aromatic carbocycles. The van der Waals surface area contributed by atoms with Crippen molar-refractivity contribution >= 4 is 46.8 Å². The summed E-state index contributed by atoms with van der Waals surface area (Å²) in [6.45, 7) is 0. The van der Waals surface area contributed by atoms with E-state index < -0.39 is 35.7 Å². The zero-order valence-electron chi connectivity index (χ0n) is 14.7. The Labute approximate surface area is 166 Å². The molecule has 2 saturated heterocycles. The monoisotopic (exact) mass is 393 g/mol. The molecule has 2 N–H and O–H groups in total. The summed E-state index contributed by atoms with van der Waals surface area (Å²) in [6.07, 6.45) is 3.82. The molecular weight excluding hydrogens is 378 g/mol. The molecule has 2 aromatic rings. The van der Waals surface area contributed by atoms with Gasteiger partial charge >= 0.3 is 0 Å². The predicted octanol–water partition coefficient (Wildman–Crippen LogP) is 2.22. The number of carbonyl (C=O) groups excluding carboxylic acids is 3. The van der Waals surface area contributed by atoms with E-state index in [2.05, 4.69) is 0 Å². The van der Waals surface area contributed by atoms with Crippen LogP contribution < -0.4 is 15.5 Å². The van der Waals surface area contributed by atoms with Crippen LogP contribution in [0.1, 0.15) is 5.56 Å². The highest BCUT2D eigenvalue weighted by atomic mass is 35.5. The Morgan fingerprint density at radius 3 is 2.36 bits per heavy atom. The van der Waals surface area contributed by atoms with Crippen LogP contribution in [0.2, 0.25) is 5.02 Å². The average molecular weight is 394 g/mol. The Morgan fingerprint density at radius 1 is 0.964 bits per heavy atom. The maximum Gasteiger partial charge on any atom is 0.241 e. The van der Waals surface area contributed by atoms with Crippen LogP contribution in [0.25, 0.3) is 6.08 Å². The van der Waals surface area contributed by atoms with Crippen molar-refractivity contribution in [3.05, 3.63) is 65.2 Å². The largest absolute Gasteiger partial charge is 0.368 e. The van der Waals surface area contributed by atoms with Crippen molar-refractivity contribution in [2.45, 2.75) is 12.1 Å². The number of anilines is 2. The molecule has 6 nitrogen and oxygen atoms in total. The second kappa shape index (κ2) is 5.94. The summed E-state index contributed by atoms with van der Waals surface area (Å²) in [5.41, 5.74) is 7.92. The van der Waals surface area contributed by atoms with Crippen molar-refractivity contribution in [2.75, 3.05) is 9.80 Å². The van der Waals surface area contributed by atoms with E-state index in [1.165, 1.54) is 0 Å². The lowest BCUT2D eigenvalue weighted by Crippen LogP contribution is -2.50. The van der Waals surface area contributed by atoms with Gasteiger partial charge in [0.2, 0.25) is 17.7 Å².